The van der Waals surface area contributed by atoms with Crippen molar-refractivity contribution in [2.24, 2.45) is 0 Å². The molecule has 0 aliphatic carbocycles. The second-order valence-electron chi connectivity index (χ2n) is 6.70. The topological polar surface area (TPSA) is 48.5 Å². The molecule has 2 aromatic rings. The molecule has 1 N–H and O–H groups in total. The third-order valence-electron chi connectivity index (χ3n) is 4.66. The van der Waals surface area contributed by atoms with Crippen molar-refractivity contribution >= 4 is 17.5 Å². The first-order chi connectivity index (χ1) is 14.1. The molecule has 3 rings (SSSR count). The van der Waals surface area contributed by atoms with Crippen LogP contribution < -0.4 is 10.2 Å². The number of nitrogens with one attached hydrogen (secondary N) is 1. The number of para-hydroxylation sites is 1. The largest absolute Gasteiger partial charge is 0.418 e. The third-order valence-corrected chi connectivity index (χ3v) is 4.66. The number of carbonyl (C=O) groups excluding carboxylic acids is 1. The van der Waals surface area contributed by atoms with Crippen LogP contribution in [0.15, 0.2) is 42.6 Å². The summed E-state index contributed by atoms with van der Waals surface area (Å²) in [6.45, 7) is 1.20. The van der Waals surface area contributed by atoms with Crippen molar-refractivity contribution in [2.75, 3.05) is 36.4 Å². The van der Waals surface area contributed by atoms with Crippen LogP contribution >= 0.6 is 0 Å². The summed E-state index contributed by atoms with van der Waals surface area (Å²) < 4.78 is 77.3. The molecule has 0 unspecified atom stereocenters. The molecule has 0 radical (unpaired) electrons. The Hall–Kier alpha value is -2.98. The first-order valence-corrected chi connectivity index (χ1v) is 9.06. The van der Waals surface area contributed by atoms with E-state index >= 15 is 0 Å². The normalized spacial score (nSPS) is 15.7. The Morgan fingerprint density at radius 2 is 1.63 bits per heavy atom. The van der Waals surface area contributed by atoms with Crippen molar-refractivity contribution in [3.05, 3.63) is 53.7 Å². The molecule has 1 aromatic carbocycles. The highest BCUT2D eigenvalue weighted by molar-refractivity contribution is 5.90. The van der Waals surface area contributed by atoms with E-state index in [1.165, 1.54) is 29.2 Å². The van der Waals surface area contributed by atoms with Gasteiger partial charge >= 0.3 is 18.4 Å². The van der Waals surface area contributed by atoms with Gasteiger partial charge in [0.05, 0.1) is 16.8 Å². The third kappa shape index (κ3) is 5.14. The quantitative estimate of drug-likeness (QED) is 0.690. The molecule has 0 bridgehead atoms. The minimum Gasteiger partial charge on any atom is -0.355 e. The van der Waals surface area contributed by atoms with Gasteiger partial charge in [-0.3, -0.25) is 0 Å². The number of aromatic nitrogens is 1. The van der Waals surface area contributed by atoms with Gasteiger partial charge in [0.25, 0.3) is 0 Å². The number of urea groups is 1. The van der Waals surface area contributed by atoms with Gasteiger partial charge < -0.3 is 15.1 Å². The number of rotatable bonds is 2. The van der Waals surface area contributed by atoms with Crippen LogP contribution in [-0.2, 0) is 12.4 Å². The predicted molar refractivity (Wildman–Crippen MR) is 98.1 cm³/mol. The van der Waals surface area contributed by atoms with Crippen LogP contribution in [-0.4, -0.2) is 42.1 Å². The van der Waals surface area contributed by atoms with E-state index < -0.39 is 29.5 Å². The average Bonchev–Trinajstić information content (AvgIpc) is 2.93. The van der Waals surface area contributed by atoms with Crippen molar-refractivity contribution < 1.29 is 31.1 Å². The molecule has 1 saturated heterocycles. The summed E-state index contributed by atoms with van der Waals surface area (Å²) in [7, 11) is 0. The Morgan fingerprint density at radius 1 is 0.900 bits per heavy atom. The Labute approximate surface area is 168 Å². The van der Waals surface area contributed by atoms with E-state index in [4.69, 9.17) is 0 Å². The molecule has 2 amide bonds. The number of hydrogen-bond acceptors (Lipinski definition) is 3. The maximum absolute atomic E-state index is 13.1. The van der Waals surface area contributed by atoms with Crippen molar-refractivity contribution in [3.8, 4) is 0 Å². The van der Waals surface area contributed by atoms with Gasteiger partial charge in [-0.05, 0) is 30.7 Å². The molecule has 0 atom stereocenters. The lowest BCUT2D eigenvalue weighted by Crippen LogP contribution is -2.38. The van der Waals surface area contributed by atoms with Crippen molar-refractivity contribution in [1.29, 1.82) is 0 Å². The molecular weight excluding hydrogens is 414 g/mol. The van der Waals surface area contributed by atoms with Crippen LogP contribution in [0.1, 0.15) is 17.5 Å². The summed E-state index contributed by atoms with van der Waals surface area (Å²) in [5.74, 6) is 0.340. The summed E-state index contributed by atoms with van der Waals surface area (Å²) >= 11 is 0. The summed E-state index contributed by atoms with van der Waals surface area (Å²) in [6.07, 6.45) is -7.85. The highest BCUT2D eigenvalue weighted by Crippen LogP contribution is 2.34. The van der Waals surface area contributed by atoms with Crippen LogP contribution in [0.3, 0.4) is 0 Å². The van der Waals surface area contributed by atoms with Crippen LogP contribution in [0.4, 0.5) is 42.6 Å². The SMILES string of the molecule is O=C(Nc1ccccc1C(F)(F)F)N1CCCN(c2ccc(C(F)(F)F)cn2)CC1. The molecule has 1 aliphatic rings. The zero-order valence-electron chi connectivity index (χ0n) is 15.6. The molecule has 30 heavy (non-hydrogen) atoms. The molecular formula is C19H18F6N4O. The minimum absolute atomic E-state index is 0.183. The number of carbonyl (C=O) groups is 1. The van der Waals surface area contributed by atoms with E-state index in [9.17, 15) is 31.1 Å². The van der Waals surface area contributed by atoms with Gasteiger partial charge in [0, 0.05) is 32.4 Å². The van der Waals surface area contributed by atoms with E-state index in [1.807, 2.05) is 0 Å². The maximum atomic E-state index is 13.1. The van der Waals surface area contributed by atoms with Gasteiger partial charge in [0.1, 0.15) is 5.82 Å². The lowest BCUT2D eigenvalue weighted by Gasteiger charge is -2.24. The van der Waals surface area contributed by atoms with Crippen LogP contribution in [0.25, 0.3) is 0 Å². The second-order valence-corrected chi connectivity index (χ2v) is 6.70. The zero-order chi connectivity index (χ0) is 21.9. The first-order valence-electron chi connectivity index (χ1n) is 9.06. The Bertz CT molecular complexity index is 882. The molecule has 1 aliphatic heterocycles. The highest BCUT2D eigenvalue weighted by Gasteiger charge is 2.34. The maximum Gasteiger partial charge on any atom is 0.418 e. The summed E-state index contributed by atoms with van der Waals surface area (Å²) in [6, 6.07) is 6.22. The molecule has 2 heterocycles. The number of amides is 2. The number of alkyl halides is 6. The minimum atomic E-state index is -4.60. The Morgan fingerprint density at radius 3 is 2.27 bits per heavy atom. The summed E-state index contributed by atoms with van der Waals surface area (Å²) in [5.41, 5.74) is -2.13. The summed E-state index contributed by atoms with van der Waals surface area (Å²) in [4.78, 5) is 19.4. The van der Waals surface area contributed by atoms with E-state index in [1.54, 1.807) is 4.90 Å². The smallest absolute Gasteiger partial charge is 0.355 e. The monoisotopic (exact) mass is 432 g/mol. The van der Waals surface area contributed by atoms with Gasteiger partial charge in [-0.25, -0.2) is 9.78 Å². The Balaban J connectivity index is 1.65. The number of anilines is 2. The zero-order valence-corrected chi connectivity index (χ0v) is 15.6. The molecule has 1 aromatic heterocycles. The molecule has 0 spiro atoms. The molecule has 0 saturated carbocycles. The predicted octanol–water partition coefficient (Wildman–Crippen LogP) is 4.86. The van der Waals surface area contributed by atoms with Crippen LogP contribution in [0.2, 0.25) is 0 Å². The number of pyridine rings is 1. The standard InChI is InChI=1S/C19H18F6N4O/c20-18(21,22)13-6-7-16(26-12-13)28-8-3-9-29(11-10-28)17(30)27-15-5-2-1-4-14(15)19(23,24)25/h1-2,4-7,12H,3,8-11H2,(H,27,30). The first kappa shape index (κ1) is 21.7. The van der Waals surface area contributed by atoms with E-state index in [2.05, 4.69) is 10.3 Å². The van der Waals surface area contributed by atoms with Gasteiger partial charge in [-0.15, -0.1) is 0 Å². The number of nitrogens with zero attached hydrogens (tertiary/aromatic N) is 3. The second kappa shape index (κ2) is 8.41. The van der Waals surface area contributed by atoms with Gasteiger partial charge in [-0.2, -0.15) is 26.3 Å². The molecule has 11 heteroatoms. The fourth-order valence-corrected chi connectivity index (χ4v) is 3.12. The average molecular weight is 432 g/mol. The van der Waals surface area contributed by atoms with E-state index in [0.717, 1.165) is 18.3 Å². The van der Waals surface area contributed by atoms with Crippen LogP contribution in [0.5, 0.6) is 0 Å². The van der Waals surface area contributed by atoms with Gasteiger partial charge in [0.15, 0.2) is 0 Å². The number of hydrogen-bond donors (Lipinski definition) is 1. The van der Waals surface area contributed by atoms with Crippen molar-refractivity contribution in [1.82, 2.24) is 9.88 Å². The fraction of sp³-hybridized carbons (Fsp3) is 0.368. The highest BCUT2D eigenvalue weighted by atomic mass is 19.4. The number of benzene rings is 1. The van der Waals surface area contributed by atoms with E-state index in [0.29, 0.717) is 18.8 Å². The lowest BCUT2D eigenvalue weighted by atomic mass is 10.1. The van der Waals surface area contributed by atoms with Gasteiger partial charge in [0.2, 0.25) is 0 Å². The van der Waals surface area contributed by atoms with Crippen molar-refractivity contribution in [2.45, 2.75) is 18.8 Å². The van der Waals surface area contributed by atoms with Gasteiger partial charge in [-0.1, -0.05) is 12.1 Å². The lowest BCUT2D eigenvalue weighted by molar-refractivity contribution is -0.138. The molecule has 5 nitrogen and oxygen atoms in total. The van der Waals surface area contributed by atoms with Crippen LogP contribution in [0, 0.1) is 0 Å². The fourth-order valence-electron chi connectivity index (χ4n) is 3.12. The van der Waals surface area contributed by atoms with Crippen molar-refractivity contribution in [3.63, 3.8) is 0 Å². The molecule has 1 fully saturated rings. The summed E-state index contributed by atoms with van der Waals surface area (Å²) in [5, 5.41) is 2.30. The Kier molecular flexibility index (Phi) is 6.09. The number of halogens is 6. The molecule has 162 valence electrons. The van der Waals surface area contributed by atoms with E-state index in [-0.39, 0.29) is 25.3 Å².